The molecule has 1 aliphatic heterocycles. The fraction of sp³-hybridized carbons (Fsp3) is 0.412. The number of likely N-dealkylation sites (tertiary alicyclic amines) is 1. The van der Waals surface area contributed by atoms with Crippen molar-refractivity contribution < 1.29 is 4.52 Å². The van der Waals surface area contributed by atoms with E-state index < -0.39 is 0 Å². The number of hydrogen-bond donors (Lipinski definition) is 0. The molecule has 4 nitrogen and oxygen atoms in total. The number of aromatic nitrogens is 1. The number of nitrogens with zero attached hydrogens (tertiary/aromatic N) is 3. The van der Waals surface area contributed by atoms with E-state index in [2.05, 4.69) is 52.5 Å². The number of benzene rings is 1. The number of aryl methyl sites for hydroxylation is 1. The van der Waals surface area contributed by atoms with Gasteiger partial charge in [0.15, 0.2) is 10.9 Å². The van der Waals surface area contributed by atoms with Crippen LogP contribution in [0, 0.1) is 6.92 Å². The fourth-order valence-corrected chi connectivity index (χ4v) is 3.66. The summed E-state index contributed by atoms with van der Waals surface area (Å²) in [5, 5.41) is 5.40. The van der Waals surface area contributed by atoms with Gasteiger partial charge in [0.25, 0.3) is 0 Å². The largest absolute Gasteiger partial charge is 0.356 e. The zero-order valence-electron chi connectivity index (χ0n) is 13.2. The molecule has 0 saturated carbocycles. The van der Waals surface area contributed by atoms with Crippen molar-refractivity contribution in [3.63, 3.8) is 0 Å². The molecule has 0 radical (unpaired) electrons. The molecular weight excluding hydrogens is 294 g/mol. The van der Waals surface area contributed by atoms with Crippen LogP contribution in [-0.4, -0.2) is 35.1 Å². The lowest BCUT2D eigenvalue weighted by molar-refractivity contribution is 0.362. The lowest BCUT2D eigenvalue weighted by atomic mass is 10.1. The summed E-state index contributed by atoms with van der Waals surface area (Å²) in [5.74, 6) is 0.838. The van der Waals surface area contributed by atoms with Crippen LogP contribution in [0.25, 0.3) is 11.3 Å². The molecule has 0 bridgehead atoms. The summed E-state index contributed by atoms with van der Waals surface area (Å²) in [5.41, 5.74) is 3.31. The van der Waals surface area contributed by atoms with E-state index in [1.165, 1.54) is 5.56 Å². The van der Waals surface area contributed by atoms with E-state index in [1.807, 2.05) is 13.1 Å². The molecule has 1 atom stereocenters. The van der Waals surface area contributed by atoms with Crippen molar-refractivity contribution in [2.24, 2.45) is 4.99 Å². The quantitative estimate of drug-likeness (QED) is 0.617. The molecule has 1 aliphatic rings. The maximum atomic E-state index is 5.59. The second kappa shape index (κ2) is 6.57. The minimum atomic E-state index is 0.272. The Hall–Kier alpha value is -1.75. The van der Waals surface area contributed by atoms with E-state index in [4.69, 9.17) is 4.52 Å². The van der Waals surface area contributed by atoms with E-state index in [9.17, 15) is 0 Å². The SMILES string of the molecule is C/N=C(\SC)N1CCC[C@@H]1c1cc(-c2cccc(C)c2)on1. The van der Waals surface area contributed by atoms with Gasteiger partial charge in [-0.3, -0.25) is 4.99 Å². The van der Waals surface area contributed by atoms with Crippen LogP contribution in [-0.2, 0) is 0 Å². The number of rotatable bonds is 2. The van der Waals surface area contributed by atoms with Gasteiger partial charge in [-0.2, -0.15) is 0 Å². The van der Waals surface area contributed by atoms with Crippen LogP contribution in [0.15, 0.2) is 39.8 Å². The summed E-state index contributed by atoms with van der Waals surface area (Å²) in [7, 11) is 1.85. The van der Waals surface area contributed by atoms with Gasteiger partial charge in [0, 0.05) is 25.2 Å². The Balaban J connectivity index is 1.87. The third-order valence-electron chi connectivity index (χ3n) is 4.04. The topological polar surface area (TPSA) is 41.6 Å². The molecule has 2 aromatic rings. The Kier molecular flexibility index (Phi) is 4.52. The average Bonchev–Trinajstić information content (AvgIpc) is 3.17. The van der Waals surface area contributed by atoms with Gasteiger partial charge in [-0.25, -0.2) is 0 Å². The van der Waals surface area contributed by atoms with Gasteiger partial charge in [0.2, 0.25) is 0 Å². The highest BCUT2D eigenvalue weighted by Gasteiger charge is 2.30. The second-order valence-corrected chi connectivity index (χ2v) is 6.32. The Morgan fingerprint density at radius 3 is 3.00 bits per heavy atom. The zero-order valence-corrected chi connectivity index (χ0v) is 14.1. The molecule has 1 saturated heterocycles. The highest BCUT2D eigenvalue weighted by molar-refractivity contribution is 8.13. The standard InChI is InChI=1S/C17H21N3OS/c1-12-6-4-7-13(10-12)16-11-14(19-21-16)15-8-5-9-20(15)17(18-2)22-3/h4,6-7,10-11,15H,5,8-9H2,1-3H3/b18-17-/t15-/m1/s1. The van der Waals surface area contributed by atoms with Gasteiger partial charge in [-0.1, -0.05) is 40.7 Å². The van der Waals surface area contributed by atoms with Crippen LogP contribution >= 0.6 is 11.8 Å². The van der Waals surface area contributed by atoms with E-state index >= 15 is 0 Å². The van der Waals surface area contributed by atoms with Crippen molar-refractivity contribution in [2.75, 3.05) is 19.8 Å². The Morgan fingerprint density at radius 1 is 1.41 bits per heavy atom. The molecule has 2 heterocycles. The summed E-state index contributed by atoms with van der Waals surface area (Å²) in [6.07, 6.45) is 4.33. The van der Waals surface area contributed by atoms with Crippen LogP contribution in [0.3, 0.4) is 0 Å². The molecule has 116 valence electrons. The molecule has 0 N–H and O–H groups in total. The molecule has 0 amide bonds. The minimum absolute atomic E-state index is 0.272. The lowest BCUT2D eigenvalue weighted by Crippen LogP contribution is -2.28. The highest BCUT2D eigenvalue weighted by Crippen LogP contribution is 2.35. The van der Waals surface area contributed by atoms with Crippen LogP contribution in [0.2, 0.25) is 0 Å². The van der Waals surface area contributed by atoms with Gasteiger partial charge in [-0.05, 0) is 32.1 Å². The summed E-state index contributed by atoms with van der Waals surface area (Å²) in [6.45, 7) is 3.12. The van der Waals surface area contributed by atoms with Gasteiger partial charge >= 0.3 is 0 Å². The monoisotopic (exact) mass is 315 g/mol. The Bertz CT molecular complexity index is 680. The molecule has 0 spiro atoms. The third kappa shape index (κ3) is 2.90. The Morgan fingerprint density at radius 2 is 2.27 bits per heavy atom. The van der Waals surface area contributed by atoms with E-state index in [1.54, 1.807) is 11.8 Å². The lowest BCUT2D eigenvalue weighted by Gasteiger charge is -2.24. The first-order valence-electron chi connectivity index (χ1n) is 7.54. The number of hydrogen-bond acceptors (Lipinski definition) is 4. The van der Waals surface area contributed by atoms with Gasteiger partial charge in [0.05, 0.1) is 6.04 Å². The fourth-order valence-electron chi connectivity index (χ4n) is 3.02. The summed E-state index contributed by atoms with van der Waals surface area (Å²) in [4.78, 5) is 6.72. The number of amidine groups is 1. The van der Waals surface area contributed by atoms with E-state index in [-0.39, 0.29) is 6.04 Å². The van der Waals surface area contributed by atoms with Crippen molar-refractivity contribution in [3.8, 4) is 11.3 Å². The third-order valence-corrected chi connectivity index (χ3v) is 4.83. The predicted octanol–water partition coefficient (Wildman–Crippen LogP) is 4.14. The Labute approximate surface area is 135 Å². The highest BCUT2D eigenvalue weighted by atomic mass is 32.2. The molecule has 0 unspecified atom stereocenters. The van der Waals surface area contributed by atoms with Crippen molar-refractivity contribution in [2.45, 2.75) is 25.8 Å². The number of thioether (sulfide) groups is 1. The van der Waals surface area contributed by atoms with Crippen molar-refractivity contribution in [3.05, 3.63) is 41.6 Å². The second-order valence-electron chi connectivity index (χ2n) is 5.55. The molecular formula is C17H21N3OS. The van der Waals surface area contributed by atoms with Crippen LogP contribution in [0.1, 0.15) is 30.1 Å². The van der Waals surface area contributed by atoms with Crippen molar-refractivity contribution in [1.82, 2.24) is 10.1 Å². The minimum Gasteiger partial charge on any atom is -0.356 e. The molecule has 1 aromatic heterocycles. The van der Waals surface area contributed by atoms with Crippen LogP contribution in [0.4, 0.5) is 0 Å². The molecule has 22 heavy (non-hydrogen) atoms. The van der Waals surface area contributed by atoms with E-state index in [0.717, 1.165) is 41.6 Å². The first kappa shape index (κ1) is 15.2. The van der Waals surface area contributed by atoms with Crippen LogP contribution in [0.5, 0.6) is 0 Å². The molecule has 1 aromatic carbocycles. The summed E-state index contributed by atoms with van der Waals surface area (Å²) in [6, 6.07) is 10.7. The number of aliphatic imine (C=N–C) groups is 1. The average molecular weight is 315 g/mol. The van der Waals surface area contributed by atoms with Crippen LogP contribution < -0.4 is 0 Å². The molecule has 0 aliphatic carbocycles. The normalized spacial score (nSPS) is 19.0. The maximum absolute atomic E-state index is 5.59. The van der Waals surface area contributed by atoms with Gasteiger partial charge in [-0.15, -0.1) is 0 Å². The summed E-state index contributed by atoms with van der Waals surface area (Å²) >= 11 is 1.69. The molecule has 5 heteroatoms. The van der Waals surface area contributed by atoms with Gasteiger partial charge < -0.3 is 9.42 Å². The smallest absolute Gasteiger partial charge is 0.167 e. The molecule has 1 fully saturated rings. The first-order chi connectivity index (χ1) is 10.7. The first-order valence-corrected chi connectivity index (χ1v) is 8.76. The van der Waals surface area contributed by atoms with Crippen molar-refractivity contribution in [1.29, 1.82) is 0 Å². The summed E-state index contributed by atoms with van der Waals surface area (Å²) < 4.78 is 5.59. The van der Waals surface area contributed by atoms with Gasteiger partial charge in [0.1, 0.15) is 5.69 Å². The molecule has 3 rings (SSSR count). The zero-order chi connectivity index (χ0) is 15.5. The maximum Gasteiger partial charge on any atom is 0.167 e. The van der Waals surface area contributed by atoms with E-state index in [0.29, 0.717) is 0 Å². The predicted molar refractivity (Wildman–Crippen MR) is 92.2 cm³/mol. The van der Waals surface area contributed by atoms with Crippen molar-refractivity contribution >= 4 is 16.9 Å².